The summed E-state index contributed by atoms with van der Waals surface area (Å²) < 4.78 is 5.34. The number of thiophene rings is 1. The van der Waals surface area contributed by atoms with Gasteiger partial charge in [0.2, 0.25) is 0 Å². The Morgan fingerprint density at radius 3 is 2.29 bits per heavy atom. The summed E-state index contributed by atoms with van der Waals surface area (Å²) in [5.41, 5.74) is 16.1. The number of hydrogen-bond acceptors (Lipinski definition) is 2. The van der Waals surface area contributed by atoms with E-state index in [1.165, 1.54) is 103 Å². The molecule has 5 aliphatic carbocycles. The minimum atomic E-state index is -0.0937. The van der Waals surface area contributed by atoms with Gasteiger partial charge in [-0.2, -0.15) is 0 Å². The Morgan fingerprint density at radius 1 is 0.683 bits per heavy atom. The number of hydrogen-bond donors (Lipinski definition) is 0. The second-order valence-corrected chi connectivity index (χ2v) is 20.6. The first-order valence-electron chi connectivity index (χ1n) is 22.9. The molecule has 2 heterocycles. The van der Waals surface area contributed by atoms with Crippen molar-refractivity contribution in [1.29, 1.82) is 0 Å². The van der Waals surface area contributed by atoms with Crippen molar-refractivity contribution in [3.8, 4) is 11.1 Å². The summed E-state index contributed by atoms with van der Waals surface area (Å²) in [6.45, 7) is 9.76. The van der Waals surface area contributed by atoms with Gasteiger partial charge in [-0.05, 0) is 118 Å². The van der Waals surface area contributed by atoms with Crippen molar-refractivity contribution in [1.82, 2.24) is 4.57 Å². The van der Waals surface area contributed by atoms with Gasteiger partial charge in [-0.1, -0.05) is 155 Å². The molecule has 8 aromatic rings. The molecule has 3 heteroatoms. The Hall–Kier alpha value is -6.42. The lowest BCUT2D eigenvalue weighted by atomic mass is 9.74. The molecule has 0 amide bonds. The molecule has 3 atom stereocenters. The third-order valence-electron chi connectivity index (χ3n) is 15.5. The van der Waals surface area contributed by atoms with Crippen molar-refractivity contribution in [3.05, 3.63) is 208 Å². The number of fused-ring (bicyclic) bond motifs is 12. The number of aromatic nitrogens is 1. The summed E-state index contributed by atoms with van der Waals surface area (Å²) in [6.07, 6.45) is 22.6. The molecule has 2 aromatic heterocycles. The van der Waals surface area contributed by atoms with Gasteiger partial charge >= 0.3 is 0 Å². The van der Waals surface area contributed by atoms with Gasteiger partial charge in [-0.25, -0.2) is 0 Å². The molecule has 2 nitrogen and oxygen atoms in total. The molecule has 6 aromatic carbocycles. The van der Waals surface area contributed by atoms with Gasteiger partial charge < -0.3 is 9.47 Å². The molecule has 5 aliphatic rings. The minimum absolute atomic E-state index is 0.0711. The van der Waals surface area contributed by atoms with Crippen LogP contribution in [0.4, 0.5) is 11.4 Å². The molecule has 13 rings (SSSR count). The largest absolute Gasteiger partial charge is 0.313 e. The first-order valence-corrected chi connectivity index (χ1v) is 23.7. The maximum Gasteiger partial charge on any atom is 0.0537 e. The average Bonchev–Trinajstić information content (AvgIpc) is 4.00. The predicted octanol–water partition coefficient (Wildman–Crippen LogP) is 14.5. The third kappa shape index (κ3) is 5.36. The van der Waals surface area contributed by atoms with Gasteiger partial charge in [0.05, 0.1) is 10.9 Å². The zero-order valence-electron chi connectivity index (χ0n) is 36.4. The van der Waals surface area contributed by atoms with Crippen LogP contribution in [0.1, 0.15) is 86.6 Å². The fourth-order valence-electron chi connectivity index (χ4n) is 12.3. The highest BCUT2D eigenvalue weighted by molar-refractivity contribution is 7.26. The molecule has 0 aliphatic heterocycles. The van der Waals surface area contributed by atoms with Gasteiger partial charge in [0.1, 0.15) is 0 Å². The second-order valence-electron chi connectivity index (χ2n) is 19.5. The highest BCUT2D eigenvalue weighted by Gasteiger charge is 2.46. The zero-order chi connectivity index (χ0) is 42.2. The normalized spacial score (nSPS) is 20.9. The number of anilines is 2. The molecule has 0 N–H and O–H groups in total. The standard InChI is InChI=1S/C60H50N2S/c1-59(2)51-22-11-8-17-43(51)44-31-29-40(33-52(44)59)61(39-27-25-37(26-28-39)42-20-14-21-48-47-19-10-13-24-57(47)63-58(42)48)41-30-32-45-49-36-56-50(35-54(49)60(3,4)53(45)34-41)46-18-9-12-23-55(46)62(56)38-15-6-5-7-16-38/h5-6,8-15,17-25,27-37,49,54H,7,16,26H2,1-4H3. The van der Waals surface area contributed by atoms with E-state index in [-0.39, 0.29) is 10.8 Å². The van der Waals surface area contributed by atoms with Crippen molar-refractivity contribution >= 4 is 71.6 Å². The third-order valence-corrected chi connectivity index (χ3v) is 16.7. The van der Waals surface area contributed by atoms with E-state index in [1.54, 1.807) is 0 Å². The Balaban J connectivity index is 0.940. The molecule has 63 heavy (non-hydrogen) atoms. The molecule has 0 saturated heterocycles. The molecule has 306 valence electrons. The minimum Gasteiger partial charge on any atom is -0.313 e. The monoisotopic (exact) mass is 830 g/mol. The first-order chi connectivity index (χ1) is 30.8. The summed E-state index contributed by atoms with van der Waals surface area (Å²) in [5, 5.41) is 6.84. The Kier molecular flexibility index (Phi) is 7.99. The van der Waals surface area contributed by atoms with E-state index in [0.29, 0.717) is 17.8 Å². The van der Waals surface area contributed by atoms with E-state index in [1.807, 2.05) is 11.3 Å². The van der Waals surface area contributed by atoms with Crippen molar-refractivity contribution < 1.29 is 0 Å². The average molecular weight is 831 g/mol. The highest BCUT2D eigenvalue weighted by atomic mass is 32.1. The van der Waals surface area contributed by atoms with E-state index < -0.39 is 0 Å². The maximum atomic E-state index is 2.64. The molecular weight excluding hydrogens is 781 g/mol. The smallest absolute Gasteiger partial charge is 0.0537 e. The van der Waals surface area contributed by atoms with Gasteiger partial charge in [0.15, 0.2) is 0 Å². The van der Waals surface area contributed by atoms with Crippen LogP contribution in [0.15, 0.2) is 170 Å². The second kappa shape index (κ2) is 13.5. The van der Waals surface area contributed by atoms with Gasteiger partial charge in [-0.15, -0.1) is 11.3 Å². The van der Waals surface area contributed by atoms with E-state index in [4.69, 9.17) is 0 Å². The Bertz CT molecular complexity index is 3520. The van der Waals surface area contributed by atoms with Crippen LogP contribution < -0.4 is 15.5 Å². The Morgan fingerprint density at radius 2 is 1.44 bits per heavy atom. The number of para-hydroxylation sites is 1. The van der Waals surface area contributed by atoms with Crippen LogP contribution in [0.5, 0.6) is 0 Å². The number of nitrogens with zero attached hydrogens (tertiary/aromatic N) is 2. The molecule has 0 fully saturated rings. The van der Waals surface area contributed by atoms with Crippen molar-refractivity contribution in [2.45, 2.75) is 69.6 Å². The van der Waals surface area contributed by atoms with Crippen LogP contribution in [-0.4, -0.2) is 4.57 Å². The fraction of sp³-hybridized carbons (Fsp3) is 0.200. The van der Waals surface area contributed by atoms with Gasteiger partial charge in [-0.3, -0.25) is 0 Å². The van der Waals surface area contributed by atoms with E-state index in [2.05, 4.69) is 213 Å². The van der Waals surface area contributed by atoms with Crippen molar-refractivity contribution in [3.63, 3.8) is 0 Å². The predicted molar refractivity (Wildman–Crippen MR) is 269 cm³/mol. The lowest BCUT2D eigenvalue weighted by Crippen LogP contribution is -2.37. The lowest BCUT2D eigenvalue weighted by molar-refractivity contribution is 0.421. The molecule has 0 bridgehead atoms. The molecular formula is C60H50N2S. The summed E-state index contributed by atoms with van der Waals surface area (Å²) in [4.78, 5) is 2.55. The van der Waals surface area contributed by atoms with Gasteiger partial charge in [0, 0.05) is 70.8 Å². The SMILES string of the molecule is CC1(C)c2ccccc2-c2ccc(N(C3=CCC(c4cccc5c4sc4ccccc45)C=C3)c3ccc4c(c3)C(C)(C)C3C=c5c(n(C6=CC=CCC6)c6ccccc56)=CC43)cc21. The summed E-state index contributed by atoms with van der Waals surface area (Å²) in [6, 6.07) is 48.5. The van der Waals surface area contributed by atoms with Crippen molar-refractivity contribution in [2.75, 3.05) is 4.90 Å². The van der Waals surface area contributed by atoms with Crippen molar-refractivity contribution in [2.24, 2.45) is 5.92 Å². The quantitative estimate of drug-likeness (QED) is 0.168. The molecule has 0 saturated carbocycles. The van der Waals surface area contributed by atoms with E-state index in [9.17, 15) is 0 Å². The summed E-state index contributed by atoms with van der Waals surface area (Å²) in [5.74, 6) is 0.973. The number of benzene rings is 6. The maximum absolute atomic E-state index is 2.64. The molecule has 3 unspecified atom stereocenters. The number of rotatable bonds is 5. The van der Waals surface area contributed by atoms with Crippen LogP contribution in [0.3, 0.4) is 0 Å². The fourth-order valence-corrected chi connectivity index (χ4v) is 13.5. The highest BCUT2D eigenvalue weighted by Crippen LogP contribution is 2.55. The van der Waals surface area contributed by atoms with Crippen LogP contribution >= 0.6 is 11.3 Å². The van der Waals surface area contributed by atoms with Gasteiger partial charge in [0.25, 0.3) is 0 Å². The van der Waals surface area contributed by atoms with E-state index >= 15 is 0 Å². The Labute approximate surface area is 373 Å². The van der Waals surface area contributed by atoms with E-state index in [0.717, 1.165) is 19.3 Å². The first kappa shape index (κ1) is 37.2. The van der Waals surface area contributed by atoms with Crippen LogP contribution in [-0.2, 0) is 10.8 Å². The number of allylic oxidation sites excluding steroid dienone is 7. The topological polar surface area (TPSA) is 8.17 Å². The molecule has 0 radical (unpaired) electrons. The van der Waals surface area contributed by atoms with Crippen LogP contribution in [0.25, 0.3) is 60.1 Å². The lowest BCUT2D eigenvalue weighted by Gasteiger charge is -2.32. The zero-order valence-corrected chi connectivity index (χ0v) is 37.2. The summed E-state index contributed by atoms with van der Waals surface area (Å²) in [7, 11) is 0. The molecule has 0 spiro atoms. The summed E-state index contributed by atoms with van der Waals surface area (Å²) >= 11 is 1.94. The van der Waals surface area contributed by atoms with Crippen LogP contribution in [0.2, 0.25) is 0 Å². The van der Waals surface area contributed by atoms with Crippen LogP contribution in [0, 0.1) is 5.92 Å².